The molecule has 19 heavy (non-hydrogen) atoms. The molecule has 2 rings (SSSR count). The molecule has 1 aliphatic heterocycles. The second-order valence-corrected chi connectivity index (χ2v) is 7.60. The van der Waals surface area contributed by atoms with Crippen LogP contribution in [-0.4, -0.2) is 37.5 Å². The van der Waals surface area contributed by atoms with Crippen molar-refractivity contribution in [3.05, 3.63) is 27.8 Å². The fraction of sp³-hybridized carbons (Fsp3) is 0.417. The molecule has 1 aliphatic rings. The fourth-order valence-corrected chi connectivity index (χ4v) is 3.82. The third-order valence-corrected chi connectivity index (χ3v) is 5.29. The predicted octanol–water partition coefficient (Wildman–Crippen LogP) is 1.65. The van der Waals surface area contributed by atoms with Crippen molar-refractivity contribution in [3.8, 4) is 0 Å². The molecule has 7 heteroatoms. The molecule has 1 atom stereocenters. The number of rotatable bonds is 3. The first-order valence-electron chi connectivity index (χ1n) is 5.92. The largest absolute Gasteiger partial charge is 0.324 e. The zero-order valence-electron chi connectivity index (χ0n) is 10.5. The van der Waals surface area contributed by atoms with E-state index in [-0.39, 0.29) is 5.91 Å². The topological polar surface area (TPSA) is 66.5 Å². The van der Waals surface area contributed by atoms with Gasteiger partial charge in [-0.15, -0.1) is 0 Å². The van der Waals surface area contributed by atoms with Crippen LogP contribution in [0.5, 0.6) is 0 Å². The van der Waals surface area contributed by atoms with Crippen LogP contribution in [0.3, 0.4) is 0 Å². The van der Waals surface area contributed by atoms with Crippen LogP contribution in [0.2, 0.25) is 0 Å². The molecule has 0 spiro atoms. The van der Waals surface area contributed by atoms with Crippen LogP contribution in [0, 0.1) is 3.57 Å². The smallest absolute Gasteiger partial charge is 0.242 e. The predicted molar refractivity (Wildman–Crippen MR) is 82.4 cm³/mol. The number of para-hydroxylation sites is 1. The maximum absolute atomic E-state index is 12.2. The van der Waals surface area contributed by atoms with Gasteiger partial charge in [0.25, 0.3) is 0 Å². The van der Waals surface area contributed by atoms with Gasteiger partial charge in [-0.05, 0) is 47.6 Å². The molecule has 1 aromatic carbocycles. The third kappa shape index (κ3) is 3.46. The van der Waals surface area contributed by atoms with Crippen LogP contribution in [0.1, 0.15) is 12.8 Å². The van der Waals surface area contributed by atoms with E-state index in [1.165, 1.54) is 4.31 Å². The van der Waals surface area contributed by atoms with Crippen molar-refractivity contribution in [2.45, 2.75) is 18.9 Å². The van der Waals surface area contributed by atoms with E-state index >= 15 is 0 Å². The number of hydrogen-bond donors (Lipinski definition) is 1. The summed E-state index contributed by atoms with van der Waals surface area (Å²) in [5.74, 6) is -0.257. The summed E-state index contributed by atoms with van der Waals surface area (Å²) >= 11 is 2.13. The summed E-state index contributed by atoms with van der Waals surface area (Å²) in [4.78, 5) is 12.2. The zero-order valence-corrected chi connectivity index (χ0v) is 13.4. The lowest BCUT2D eigenvalue weighted by Gasteiger charge is -2.21. The number of sulfonamides is 1. The summed E-state index contributed by atoms with van der Waals surface area (Å²) < 4.78 is 25.4. The van der Waals surface area contributed by atoms with Crippen LogP contribution in [0.4, 0.5) is 5.69 Å². The lowest BCUT2D eigenvalue weighted by Crippen LogP contribution is -2.42. The van der Waals surface area contributed by atoms with Gasteiger partial charge in [-0.3, -0.25) is 4.79 Å². The second-order valence-electron chi connectivity index (χ2n) is 4.50. The molecule has 1 amide bonds. The average molecular weight is 394 g/mol. The lowest BCUT2D eigenvalue weighted by molar-refractivity contribution is -0.119. The van der Waals surface area contributed by atoms with E-state index in [4.69, 9.17) is 0 Å². The third-order valence-electron chi connectivity index (χ3n) is 3.06. The van der Waals surface area contributed by atoms with Gasteiger partial charge in [0.1, 0.15) is 6.04 Å². The van der Waals surface area contributed by atoms with E-state index < -0.39 is 16.1 Å². The van der Waals surface area contributed by atoms with E-state index in [0.717, 1.165) is 16.2 Å². The van der Waals surface area contributed by atoms with Crippen molar-refractivity contribution >= 4 is 44.2 Å². The summed E-state index contributed by atoms with van der Waals surface area (Å²) in [6, 6.07) is 6.82. The Labute approximate surface area is 126 Å². The number of carbonyl (C=O) groups is 1. The van der Waals surface area contributed by atoms with Gasteiger partial charge in [0.05, 0.1) is 11.9 Å². The number of carbonyl (C=O) groups excluding carboxylic acids is 1. The van der Waals surface area contributed by atoms with Gasteiger partial charge < -0.3 is 5.32 Å². The molecule has 5 nitrogen and oxygen atoms in total. The van der Waals surface area contributed by atoms with Gasteiger partial charge >= 0.3 is 0 Å². The molecule has 0 aliphatic carbocycles. The first-order chi connectivity index (χ1) is 8.89. The average Bonchev–Trinajstić information content (AvgIpc) is 2.81. The standard InChI is InChI=1S/C12H15IN2O3S/c1-19(17,18)15-8-4-7-11(15)12(16)14-10-6-3-2-5-9(10)13/h2-3,5-6,11H,4,7-8H2,1H3,(H,14,16). The summed E-state index contributed by atoms with van der Waals surface area (Å²) in [5, 5.41) is 2.80. The summed E-state index contributed by atoms with van der Waals surface area (Å²) in [6.07, 6.45) is 2.43. The quantitative estimate of drug-likeness (QED) is 0.794. The Balaban J connectivity index is 2.14. The molecule has 0 bridgehead atoms. The molecular formula is C12H15IN2O3S. The maximum Gasteiger partial charge on any atom is 0.242 e. The lowest BCUT2D eigenvalue weighted by atomic mass is 10.2. The van der Waals surface area contributed by atoms with Gasteiger partial charge in [-0.25, -0.2) is 8.42 Å². The van der Waals surface area contributed by atoms with Crippen LogP contribution in [0.15, 0.2) is 24.3 Å². The minimum atomic E-state index is -3.33. The van der Waals surface area contributed by atoms with Gasteiger partial charge in [0.15, 0.2) is 0 Å². The van der Waals surface area contributed by atoms with Crippen molar-refractivity contribution in [2.24, 2.45) is 0 Å². The van der Waals surface area contributed by atoms with Crippen LogP contribution < -0.4 is 5.32 Å². The number of amides is 1. The number of benzene rings is 1. The van der Waals surface area contributed by atoms with Crippen LogP contribution in [0.25, 0.3) is 0 Å². The number of anilines is 1. The summed E-state index contributed by atoms with van der Waals surface area (Å²) in [5.41, 5.74) is 0.716. The SMILES string of the molecule is CS(=O)(=O)N1CCCC1C(=O)Nc1ccccc1I. The highest BCUT2D eigenvalue weighted by molar-refractivity contribution is 14.1. The Kier molecular flexibility index (Phi) is 4.46. The molecule has 0 saturated carbocycles. The van der Waals surface area contributed by atoms with Crippen molar-refractivity contribution < 1.29 is 13.2 Å². The normalized spacial score (nSPS) is 20.4. The van der Waals surface area contributed by atoms with Crippen LogP contribution in [-0.2, 0) is 14.8 Å². The van der Waals surface area contributed by atoms with Crippen LogP contribution >= 0.6 is 22.6 Å². The molecule has 1 fully saturated rings. The van der Waals surface area contributed by atoms with Gasteiger partial charge in [-0.1, -0.05) is 12.1 Å². The van der Waals surface area contributed by atoms with Crippen molar-refractivity contribution in [1.29, 1.82) is 0 Å². The number of halogens is 1. The van der Waals surface area contributed by atoms with E-state index in [2.05, 4.69) is 27.9 Å². The molecule has 1 saturated heterocycles. The monoisotopic (exact) mass is 394 g/mol. The summed E-state index contributed by atoms with van der Waals surface area (Å²) in [6.45, 7) is 0.419. The molecular weight excluding hydrogens is 379 g/mol. The highest BCUT2D eigenvalue weighted by Crippen LogP contribution is 2.23. The minimum absolute atomic E-state index is 0.257. The first-order valence-corrected chi connectivity index (χ1v) is 8.84. The van der Waals surface area contributed by atoms with E-state index in [1.807, 2.05) is 18.2 Å². The Bertz CT molecular complexity index is 588. The fourth-order valence-electron chi connectivity index (χ4n) is 2.18. The van der Waals surface area contributed by atoms with Gasteiger partial charge in [-0.2, -0.15) is 4.31 Å². The van der Waals surface area contributed by atoms with E-state index in [0.29, 0.717) is 18.7 Å². The number of nitrogens with one attached hydrogen (secondary N) is 1. The Morgan fingerprint density at radius 2 is 2.11 bits per heavy atom. The maximum atomic E-state index is 12.2. The molecule has 1 unspecified atom stereocenters. The van der Waals surface area contributed by atoms with Crippen molar-refractivity contribution in [3.63, 3.8) is 0 Å². The Morgan fingerprint density at radius 1 is 1.42 bits per heavy atom. The second kappa shape index (κ2) is 5.76. The molecule has 0 radical (unpaired) electrons. The zero-order chi connectivity index (χ0) is 14.0. The highest BCUT2D eigenvalue weighted by Gasteiger charge is 2.36. The van der Waals surface area contributed by atoms with E-state index in [1.54, 1.807) is 6.07 Å². The van der Waals surface area contributed by atoms with E-state index in [9.17, 15) is 13.2 Å². The molecule has 104 valence electrons. The van der Waals surface area contributed by atoms with Crippen molar-refractivity contribution in [1.82, 2.24) is 4.31 Å². The van der Waals surface area contributed by atoms with Gasteiger partial charge in [0.2, 0.25) is 15.9 Å². The molecule has 1 N–H and O–H groups in total. The Hall–Kier alpha value is -0.670. The van der Waals surface area contributed by atoms with Crippen molar-refractivity contribution in [2.75, 3.05) is 18.1 Å². The minimum Gasteiger partial charge on any atom is -0.324 e. The molecule has 1 aromatic rings. The highest BCUT2D eigenvalue weighted by atomic mass is 127. The van der Waals surface area contributed by atoms with Gasteiger partial charge in [0, 0.05) is 10.1 Å². The number of nitrogens with zero attached hydrogens (tertiary/aromatic N) is 1. The summed E-state index contributed by atoms with van der Waals surface area (Å²) in [7, 11) is -3.33. The first kappa shape index (κ1) is 14.7. The molecule has 0 aromatic heterocycles. The Morgan fingerprint density at radius 3 is 2.74 bits per heavy atom. The molecule has 1 heterocycles. The number of hydrogen-bond acceptors (Lipinski definition) is 3.